The van der Waals surface area contributed by atoms with Gasteiger partial charge in [-0.15, -0.1) is 0 Å². The lowest BCUT2D eigenvalue weighted by Gasteiger charge is -2.39. The van der Waals surface area contributed by atoms with Crippen LogP contribution >= 0.6 is 0 Å². The van der Waals surface area contributed by atoms with Gasteiger partial charge in [0.25, 0.3) is 0 Å². The van der Waals surface area contributed by atoms with Gasteiger partial charge in [0.1, 0.15) is 0 Å². The first kappa shape index (κ1) is 14.0. The summed E-state index contributed by atoms with van der Waals surface area (Å²) in [5.74, 6) is 0.152. The van der Waals surface area contributed by atoms with Crippen molar-refractivity contribution in [1.82, 2.24) is 15.2 Å². The zero-order valence-electron chi connectivity index (χ0n) is 12.2. The van der Waals surface area contributed by atoms with E-state index >= 15 is 0 Å². The Morgan fingerprint density at radius 3 is 2.74 bits per heavy atom. The molecule has 1 aromatic rings. The molecule has 0 radical (unpaired) electrons. The summed E-state index contributed by atoms with van der Waals surface area (Å²) in [4.78, 5) is 18.8. The van der Waals surface area contributed by atoms with Crippen molar-refractivity contribution in [3.8, 4) is 0 Å². The molecule has 0 spiro atoms. The van der Waals surface area contributed by atoms with Gasteiger partial charge in [-0.25, -0.2) is 0 Å². The van der Waals surface area contributed by atoms with E-state index in [9.17, 15) is 4.79 Å². The quantitative estimate of drug-likeness (QED) is 0.885. The minimum absolute atomic E-state index is 0.145. The Morgan fingerprint density at radius 1 is 1.37 bits per heavy atom. The Morgan fingerprint density at radius 2 is 2.11 bits per heavy atom. The number of carbonyl (C=O) groups is 1. The summed E-state index contributed by atoms with van der Waals surface area (Å²) in [7, 11) is 0. The van der Waals surface area contributed by atoms with Crippen LogP contribution in [0, 0.1) is 0 Å². The molecule has 4 heteroatoms. The van der Waals surface area contributed by atoms with E-state index in [2.05, 4.69) is 24.1 Å². The van der Waals surface area contributed by atoms with Crippen molar-refractivity contribution < 1.29 is 4.79 Å². The van der Waals surface area contributed by atoms with E-state index in [1.807, 2.05) is 37.1 Å². The Labute approximate surface area is 115 Å². The molecule has 1 amide bonds. The van der Waals surface area contributed by atoms with Crippen LogP contribution in [0.2, 0.25) is 0 Å². The molecule has 4 nitrogen and oxygen atoms in total. The molecule has 1 saturated heterocycles. The van der Waals surface area contributed by atoms with Crippen LogP contribution < -0.4 is 5.32 Å². The van der Waals surface area contributed by atoms with Crippen LogP contribution in [0.3, 0.4) is 0 Å². The number of nitrogens with one attached hydrogen (secondary N) is 1. The smallest absolute Gasteiger partial charge is 0.243 e. The Hall–Kier alpha value is -1.42. The fourth-order valence-corrected chi connectivity index (χ4v) is 2.46. The van der Waals surface area contributed by atoms with Gasteiger partial charge in [0.05, 0.1) is 5.54 Å². The molecule has 0 atom stereocenters. The highest BCUT2D eigenvalue weighted by Crippen LogP contribution is 2.27. The third-order valence-corrected chi connectivity index (χ3v) is 3.88. The Balaban J connectivity index is 2.29. The maximum absolute atomic E-state index is 12.7. The van der Waals surface area contributed by atoms with E-state index in [0.29, 0.717) is 6.54 Å². The number of hydrogen-bond donors (Lipinski definition) is 1. The predicted octanol–water partition coefficient (Wildman–Crippen LogP) is 1.96. The molecule has 0 aliphatic carbocycles. The van der Waals surface area contributed by atoms with Crippen molar-refractivity contribution >= 4 is 5.91 Å². The number of aromatic nitrogens is 1. The van der Waals surface area contributed by atoms with Gasteiger partial charge < -0.3 is 10.2 Å². The van der Waals surface area contributed by atoms with Crippen LogP contribution in [-0.2, 0) is 11.3 Å². The highest BCUT2D eigenvalue weighted by molar-refractivity contribution is 5.86. The van der Waals surface area contributed by atoms with Crippen molar-refractivity contribution in [2.45, 2.75) is 51.7 Å². The maximum Gasteiger partial charge on any atom is 0.243 e. The summed E-state index contributed by atoms with van der Waals surface area (Å²) in [5, 5.41) is 3.34. The van der Waals surface area contributed by atoms with Gasteiger partial charge in [-0.3, -0.25) is 9.78 Å². The van der Waals surface area contributed by atoms with Gasteiger partial charge in [0.2, 0.25) is 5.91 Å². The third-order valence-electron chi connectivity index (χ3n) is 3.88. The van der Waals surface area contributed by atoms with Crippen molar-refractivity contribution in [2.75, 3.05) is 6.54 Å². The molecule has 19 heavy (non-hydrogen) atoms. The van der Waals surface area contributed by atoms with Crippen molar-refractivity contribution in [3.63, 3.8) is 0 Å². The van der Waals surface area contributed by atoms with Crippen molar-refractivity contribution in [1.29, 1.82) is 0 Å². The zero-order chi connectivity index (χ0) is 14.1. The number of pyridine rings is 1. The number of hydrogen-bond acceptors (Lipinski definition) is 3. The van der Waals surface area contributed by atoms with Gasteiger partial charge in [-0.2, -0.15) is 0 Å². The molecule has 1 aliphatic rings. The lowest BCUT2D eigenvalue weighted by molar-refractivity contribution is -0.141. The summed E-state index contributed by atoms with van der Waals surface area (Å²) >= 11 is 0. The first-order valence-corrected chi connectivity index (χ1v) is 6.79. The van der Waals surface area contributed by atoms with E-state index < -0.39 is 5.54 Å². The number of carbonyl (C=O) groups excluding carboxylic acids is 1. The summed E-state index contributed by atoms with van der Waals surface area (Å²) in [5.41, 5.74) is 0.422. The van der Waals surface area contributed by atoms with E-state index in [1.165, 1.54) is 0 Å². The van der Waals surface area contributed by atoms with Crippen LogP contribution in [0.5, 0.6) is 0 Å². The molecule has 2 rings (SSSR count). The van der Waals surface area contributed by atoms with Crippen LogP contribution in [0.1, 0.15) is 39.7 Å². The molecule has 0 saturated carbocycles. The summed E-state index contributed by atoms with van der Waals surface area (Å²) in [6.45, 7) is 9.63. The molecule has 0 bridgehead atoms. The second-order valence-corrected chi connectivity index (χ2v) is 6.37. The normalized spacial score (nSPS) is 22.1. The van der Waals surface area contributed by atoms with Crippen LogP contribution in [0.15, 0.2) is 24.5 Å². The molecule has 1 N–H and O–H groups in total. The van der Waals surface area contributed by atoms with Crippen LogP contribution in [0.4, 0.5) is 0 Å². The van der Waals surface area contributed by atoms with Gasteiger partial charge in [-0.1, -0.05) is 6.07 Å². The fourth-order valence-electron chi connectivity index (χ4n) is 2.46. The van der Waals surface area contributed by atoms with Crippen molar-refractivity contribution in [2.24, 2.45) is 0 Å². The molecular weight excluding hydrogens is 238 g/mol. The Kier molecular flexibility index (Phi) is 3.63. The molecule has 104 valence electrons. The monoisotopic (exact) mass is 261 g/mol. The second kappa shape index (κ2) is 4.93. The lowest BCUT2D eigenvalue weighted by atomic mass is 9.96. The largest absolute Gasteiger partial charge is 0.332 e. The van der Waals surface area contributed by atoms with E-state index in [4.69, 9.17) is 0 Å². The van der Waals surface area contributed by atoms with E-state index in [0.717, 1.165) is 18.5 Å². The van der Waals surface area contributed by atoms with E-state index in [1.54, 1.807) is 6.20 Å². The first-order chi connectivity index (χ1) is 8.83. The molecular formula is C15H23N3O. The summed E-state index contributed by atoms with van der Waals surface area (Å²) < 4.78 is 0. The molecule has 2 heterocycles. The number of amides is 1. The van der Waals surface area contributed by atoms with Crippen molar-refractivity contribution in [3.05, 3.63) is 30.1 Å². The van der Waals surface area contributed by atoms with Gasteiger partial charge >= 0.3 is 0 Å². The highest BCUT2D eigenvalue weighted by atomic mass is 16.2. The zero-order valence-corrected chi connectivity index (χ0v) is 12.2. The topological polar surface area (TPSA) is 45.2 Å². The van der Waals surface area contributed by atoms with Gasteiger partial charge in [0.15, 0.2) is 0 Å². The molecule has 0 aromatic carbocycles. The summed E-state index contributed by atoms with van der Waals surface area (Å²) in [6, 6.07) is 3.93. The summed E-state index contributed by atoms with van der Waals surface area (Å²) in [6.07, 6.45) is 4.53. The minimum atomic E-state index is -0.504. The maximum atomic E-state index is 12.7. The molecule has 1 aromatic heterocycles. The fraction of sp³-hybridized carbons (Fsp3) is 0.600. The average Bonchev–Trinajstić information content (AvgIpc) is 2.41. The average molecular weight is 261 g/mol. The minimum Gasteiger partial charge on any atom is -0.332 e. The van der Waals surface area contributed by atoms with Crippen LogP contribution in [0.25, 0.3) is 0 Å². The lowest BCUT2D eigenvalue weighted by Crippen LogP contribution is -2.55. The van der Waals surface area contributed by atoms with Gasteiger partial charge in [0, 0.05) is 24.5 Å². The third kappa shape index (κ3) is 2.95. The number of rotatable bonds is 2. The first-order valence-electron chi connectivity index (χ1n) is 6.79. The molecule has 1 aliphatic heterocycles. The molecule has 0 unspecified atom stereocenters. The second-order valence-electron chi connectivity index (χ2n) is 6.37. The van der Waals surface area contributed by atoms with Gasteiger partial charge in [-0.05, 0) is 52.3 Å². The SMILES string of the molecule is CC1(C)NCCC(C)(C)N(Cc2cccnc2)C1=O. The van der Waals surface area contributed by atoms with Crippen LogP contribution in [-0.4, -0.2) is 33.4 Å². The number of nitrogens with zero attached hydrogens (tertiary/aromatic N) is 2. The predicted molar refractivity (Wildman–Crippen MR) is 75.6 cm³/mol. The molecule has 1 fully saturated rings. The standard InChI is InChI=1S/C15H23N3O/c1-14(2)7-9-17-15(3,4)13(19)18(14)11-12-6-5-8-16-10-12/h5-6,8,10,17H,7,9,11H2,1-4H3. The highest BCUT2D eigenvalue weighted by Gasteiger charge is 2.41. The Bertz CT molecular complexity index is 454. The van der Waals surface area contributed by atoms with E-state index in [-0.39, 0.29) is 11.4 Å².